The zero-order valence-electron chi connectivity index (χ0n) is 20.8. The molecule has 0 radical (unpaired) electrons. The van der Waals surface area contributed by atoms with Gasteiger partial charge in [0, 0.05) is 11.6 Å². The normalized spacial score (nSPS) is 10.9. The molecule has 0 aliphatic carbocycles. The average Bonchev–Trinajstić information content (AvgIpc) is 2.91. The summed E-state index contributed by atoms with van der Waals surface area (Å²) in [6.45, 7) is 0. The minimum absolute atomic E-state index is 0.0247. The highest BCUT2D eigenvalue weighted by Gasteiger charge is 2.13. The number of ether oxygens (including phenoxy) is 5. The second kappa shape index (κ2) is 12.2. The Morgan fingerprint density at radius 2 is 1.36 bits per heavy atom. The van der Waals surface area contributed by atoms with Gasteiger partial charge in [-0.15, -0.1) is 0 Å². The van der Waals surface area contributed by atoms with Crippen molar-refractivity contribution in [1.82, 2.24) is 0 Å². The molecule has 2 N–H and O–H groups in total. The molecule has 0 heterocycles. The summed E-state index contributed by atoms with van der Waals surface area (Å²) >= 11 is 0. The van der Waals surface area contributed by atoms with Crippen molar-refractivity contribution < 1.29 is 33.6 Å². The zero-order valence-corrected chi connectivity index (χ0v) is 20.8. The average molecular weight is 492 g/mol. The van der Waals surface area contributed by atoms with Crippen LogP contribution in [0.1, 0.15) is 16.7 Å². The van der Waals surface area contributed by atoms with Gasteiger partial charge in [-0.2, -0.15) is 0 Å². The quantitative estimate of drug-likeness (QED) is 0.295. The summed E-state index contributed by atoms with van der Waals surface area (Å²) in [5.74, 6) is 2.07. The SMILES string of the molecule is COc1cc(/C=C/C(=O)Nc2c(C=Cc3cc(OC)c(OC)c(OC)c3)cccc2OC)ccc1O. The number of rotatable bonds is 10. The Morgan fingerprint density at radius 3 is 1.97 bits per heavy atom. The molecule has 3 aromatic rings. The molecule has 0 bridgehead atoms. The van der Waals surface area contributed by atoms with E-state index >= 15 is 0 Å². The number of anilines is 1. The molecule has 0 atom stereocenters. The molecule has 0 saturated carbocycles. The molecule has 0 aromatic heterocycles. The van der Waals surface area contributed by atoms with E-state index in [1.165, 1.54) is 26.4 Å². The molecule has 0 spiro atoms. The first-order valence-electron chi connectivity index (χ1n) is 10.9. The van der Waals surface area contributed by atoms with Crippen molar-refractivity contribution in [2.24, 2.45) is 0 Å². The van der Waals surface area contributed by atoms with Crippen molar-refractivity contribution in [3.63, 3.8) is 0 Å². The van der Waals surface area contributed by atoms with Crippen LogP contribution in [0, 0.1) is 0 Å². The summed E-state index contributed by atoms with van der Waals surface area (Å²) in [4.78, 5) is 12.7. The molecule has 3 aromatic carbocycles. The number of phenols is 1. The Labute approximate surface area is 210 Å². The van der Waals surface area contributed by atoms with E-state index < -0.39 is 0 Å². The fraction of sp³-hybridized carbons (Fsp3) is 0.179. The highest BCUT2D eigenvalue weighted by molar-refractivity contribution is 6.04. The minimum Gasteiger partial charge on any atom is -0.504 e. The lowest BCUT2D eigenvalue weighted by molar-refractivity contribution is -0.111. The topological polar surface area (TPSA) is 95.5 Å². The second-order valence-corrected chi connectivity index (χ2v) is 7.47. The number of methoxy groups -OCH3 is 5. The number of phenolic OH excluding ortho intramolecular Hbond substituents is 1. The lowest BCUT2D eigenvalue weighted by Gasteiger charge is -2.13. The van der Waals surface area contributed by atoms with Gasteiger partial charge in [-0.25, -0.2) is 0 Å². The molecule has 0 aliphatic heterocycles. The number of hydrogen-bond acceptors (Lipinski definition) is 7. The maximum Gasteiger partial charge on any atom is 0.248 e. The molecular weight excluding hydrogens is 462 g/mol. The number of para-hydroxylation sites is 1. The fourth-order valence-corrected chi connectivity index (χ4v) is 3.51. The van der Waals surface area contributed by atoms with Gasteiger partial charge in [-0.1, -0.05) is 30.4 Å². The molecule has 0 saturated heterocycles. The van der Waals surface area contributed by atoms with E-state index in [1.807, 2.05) is 36.4 Å². The smallest absolute Gasteiger partial charge is 0.248 e. The van der Waals surface area contributed by atoms with E-state index in [0.717, 1.165) is 11.1 Å². The second-order valence-electron chi connectivity index (χ2n) is 7.47. The molecule has 8 heteroatoms. The number of carbonyl (C=O) groups is 1. The van der Waals surface area contributed by atoms with Crippen LogP contribution < -0.4 is 29.0 Å². The van der Waals surface area contributed by atoms with Crippen molar-refractivity contribution >= 4 is 29.8 Å². The van der Waals surface area contributed by atoms with Crippen LogP contribution in [0.25, 0.3) is 18.2 Å². The molecule has 0 aliphatic rings. The van der Waals surface area contributed by atoms with Crippen molar-refractivity contribution in [1.29, 1.82) is 0 Å². The Kier molecular flexibility index (Phi) is 8.83. The Hall–Kier alpha value is -4.59. The van der Waals surface area contributed by atoms with Crippen LogP contribution in [0.4, 0.5) is 5.69 Å². The van der Waals surface area contributed by atoms with E-state index in [4.69, 9.17) is 23.7 Å². The lowest BCUT2D eigenvalue weighted by atomic mass is 10.1. The van der Waals surface area contributed by atoms with Gasteiger partial charge in [-0.3, -0.25) is 4.79 Å². The first-order chi connectivity index (χ1) is 17.4. The van der Waals surface area contributed by atoms with E-state index in [2.05, 4.69) is 5.32 Å². The summed E-state index contributed by atoms with van der Waals surface area (Å²) < 4.78 is 26.8. The maximum absolute atomic E-state index is 12.7. The standard InChI is InChI=1S/C28H29NO7/c1-32-22-8-6-7-20(12-9-19-16-24(34-3)28(36-5)25(17-19)35-4)27(22)29-26(31)14-11-18-10-13-21(30)23(15-18)33-2/h6-17,30H,1-5H3,(H,29,31)/b12-9?,14-11+. The minimum atomic E-state index is -0.353. The van der Waals surface area contributed by atoms with Gasteiger partial charge in [0.05, 0.1) is 41.2 Å². The highest BCUT2D eigenvalue weighted by Crippen LogP contribution is 2.39. The molecular formula is C28H29NO7. The first kappa shape index (κ1) is 26.0. The largest absolute Gasteiger partial charge is 0.504 e. The molecule has 0 fully saturated rings. The molecule has 1 amide bonds. The number of amides is 1. The van der Waals surface area contributed by atoms with Gasteiger partial charge in [-0.05, 0) is 47.5 Å². The monoisotopic (exact) mass is 491 g/mol. The van der Waals surface area contributed by atoms with E-state index in [9.17, 15) is 9.90 Å². The zero-order chi connectivity index (χ0) is 26.1. The Bertz CT molecular complexity index is 1260. The summed E-state index contributed by atoms with van der Waals surface area (Å²) in [6.07, 6.45) is 6.74. The third kappa shape index (κ3) is 6.09. The summed E-state index contributed by atoms with van der Waals surface area (Å²) in [5.41, 5.74) is 2.76. The van der Waals surface area contributed by atoms with Crippen LogP contribution >= 0.6 is 0 Å². The molecule has 8 nitrogen and oxygen atoms in total. The third-order valence-electron chi connectivity index (χ3n) is 5.30. The highest BCUT2D eigenvalue weighted by atomic mass is 16.5. The molecule has 0 unspecified atom stereocenters. The van der Waals surface area contributed by atoms with Crippen molar-refractivity contribution in [2.45, 2.75) is 0 Å². The van der Waals surface area contributed by atoms with Gasteiger partial charge in [0.1, 0.15) is 5.75 Å². The summed E-state index contributed by atoms with van der Waals surface area (Å²) in [5, 5.41) is 12.6. The van der Waals surface area contributed by atoms with E-state index in [-0.39, 0.29) is 11.7 Å². The Morgan fingerprint density at radius 1 is 0.722 bits per heavy atom. The van der Waals surface area contributed by atoms with Crippen LogP contribution in [-0.2, 0) is 4.79 Å². The lowest BCUT2D eigenvalue weighted by Crippen LogP contribution is -2.10. The number of aromatic hydroxyl groups is 1. The number of carbonyl (C=O) groups excluding carboxylic acids is 1. The van der Waals surface area contributed by atoms with Crippen LogP contribution in [0.3, 0.4) is 0 Å². The van der Waals surface area contributed by atoms with Crippen molar-refractivity contribution in [3.8, 4) is 34.5 Å². The van der Waals surface area contributed by atoms with E-state index in [0.29, 0.717) is 40.0 Å². The van der Waals surface area contributed by atoms with Gasteiger partial charge < -0.3 is 34.1 Å². The van der Waals surface area contributed by atoms with Gasteiger partial charge in [0.15, 0.2) is 23.0 Å². The number of benzene rings is 3. The number of hydrogen-bond donors (Lipinski definition) is 2. The molecule has 188 valence electrons. The van der Waals surface area contributed by atoms with Gasteiger partial charge in [0.2, 0.25) is 11.7 Å². The van der Waals surface area contributed by atoms with Gasteiger partial charge >= 0.3 is 0 Å². The summed E-state index contributed by atoms with van der Waals surface area (Å²) in [6, 6.07) is 13.9. The van der Waals surface area contributed by atoms with Crippen LogP contribution in [0.5, 0.6) is 34.5 Å². The third-order valence-corrected chi connectivity index (χ3v) is 5.30. The predicted octanol–water partition coefficient (Wildman–Crippen LogP) is 5.26. The first-order valence-corrected chi connectivity index (χ1v) is 10.9. The van der Waals surface area contributed by atoms with Crippen molar-refractivity contribution in [3.05, 3.63) is 71.3 Å². The maximum atomic E-state index is 12.7. The van der Waals surface area contributed by atoms with Crippen molar-refractivity contribution in [2.75, 3.05) is 40.9 Å². The number of nitrogens with one attached hydrogen (secondary N) is 1. The Balaban J connectivity index is 1.88. The van der Waals surface area contributed by atoms with Crippen LogP contribution in [-0.4, -0.2) is 46.6 Å². The predicted molar refractivity (Wildman–Crippen MR) is 140 cm³/mol. The fourth-order valence-electron chi connectivity index (χ4n) is 3.51. The van der Waals surface area contributed by atoms with Crippen LogP contribution in [0.15, 0.2) is 54.6 Å². The molecule has 36 heavy (non-hydrogen) atoms. The van der Waals surface area contributed by atoms with Gasteiger partial charge in [0.25, 0.3) is 0 Å². The molecule has 3 rings (SSSR count). The summed E-state index contributed by atoms with van der Waals surface area (Å²) in [7, 11) is 7.67. The van der Waals surface area contributed by atoms with E-state index in [1.54, 1.807) is 45.6 Å². The van der Waals surface area contributed by atoms with Crippen LogP contribution in [0.2, 0.25) is 0 Å².